The Kier molecular flexibility index (Phi) is 4.21. The van der Waals surface area contributed by atoms with Gasteiger partial charge in [0.1, 0.15) is 11.4 Å². The minimum Gasteiger partial charge on any atom is -0.441 e. The number of carbonyl (C=O) groups is 2. The number of ether oxygens (including phenoxy) is 1. The molecule has 0 saturated carbocycles. The highest BCUT2D eigenvalue weighted by Crippen LogP contribution is 2.32. The number of carbonyl (C=O) groups excluding carboxylic acids is 2. The minimum absolute atomic E-state index is 0.266. The number of anilines is 1. The van der Waals surface area contributed by atoms with E-state index in [0.717, 1.165) is 6.07 Å². The number of halogens is 4. The van der Waals surface area contributed by atoms with E-state index in [1.54, 1.807) is 0 Å². The van der Waals surface area contributed by atoms with E-state index in [1.165, 1.54) is 4.90 Å². The summed E-state index contributed by atoms with van der Waals surface area (Å²) in [7, 11) is 0. The van der Waals surface area contributed by atoms with E-state index in [4.69, 9.17) is 4.74 Å². The number of urea groups is 1. The van der Waals surface area contributed by atoms with E-state index in [2.05, 4.69) is 10.6 Å². The second kappa shape index (κ2) is 6.08. The van der Waals surface area contributed by atoms with E-state index in [-0.39, 0.29) is 18.8 Å². The topological polar surface area (TPSA) is 70.7 Å². The fourth-order valence-corrected chi connectivity index (χ4v) is 2.93. The number of likely N-dealkylation sites (tertiary alicyclic amines) is 1. The summed E-state index contributed by atoms with van der Waals surface area (Å²) in [5, 5.41) is 4.84. The Morgan fingerprint density at radius 1 is 1.24 bits per heavy atom. The average molecular weight is 361 g/mol. The lowest BCUT2D eigenvalue weighted by atomic mass is 9.92. The third-order valence-corrected chi connectivity index (χ3v) is 4.30. The zero-order valence-corrected chi connectivity index (χ0v) is 13.0. The molecule has 2 aliphatic rings. The van der Waals surface area contributed by atoms with Crippen molar-refractivity contribution in [3.05, 3.63) is 29.6 Å². The molecule has 0 aliphatic carbocycles. The van der Waals surface area contributed by atoms with E-state index < -0.39 is 35.3 Å². The van der Waals surface area contributed by atoms with Crippen LogP contribution in [0, 0.1) is 5.82 Å². The molecule has 6 nitrogen and oxygen atoms in total. The minimum atomic E-state index is -4.71. The molecule has 0 aromatic heterocycles. The molecule has 25 heavy (non-hydrogen) atoms. The fraction of sp³-hybridized carbons (Fsp3) is 0.467. The summed E-state index contributed by atoms with van der Waals surface area (Å²) in [4.78, 5) is 24.7. The molecule has 1 aromatic carbocycles. The molecule has 0 bridgehead atoms. The number of hydrogen-bond donors (Lipinski definition) is 2. The number of rotatable bonds is 1. The summed E-state index contributed by atoms with van der Waals surface area (Å²) < 4.78 is 56.7. The van der Waals surface area contributed by atoms with Crippen LogP contribution in [-0.2, 0) is 10.9 Å². The van der Waals surface area contributed by atoms with Gasteiger partial charge in [0.25, 0.3) is 0 Å². The molecule has 0 radical (unpaired) electrons. The molecule has 3 rings (SSSR count). The van der Waals surface area contributed by atoms with E-state index in [1.807, 2.05) is 0 Å². The van der Waals surface area contributed by atoms with Crippen molar-refractivity contribution in [1.82, 2.24) is 10.2 Å². The molecule has 1 spiro atoms. The summed E-state index contributed by atoms with van der Waals surface area (Å²) in [5.74, 6) is -1.09. The van der Waals surface area contributed by atoms with Gasteiger partial charge in [0.05, 0.1) is 12.1 Å². The zero-order chi connectivity index (χ0) is 18.2. The molecule has 3 amide bonds. The summed E-state index contributed by atoms with van der Waals surface area (Å²) in [6.45, 7) is 0.893. The van der Waals surface area contributed by atoms with Crippen molar-refractivity contribution in [2.75, 3.05) is 25.0 Å². The Balaban J connectivity index is 1.64. The van der Waals surface area contributed by atoms with Crippen LogP contribution in [0.4, 0.5) is 32.8 Å². The maximum Gasteiger partial charge on any atom is 0.416 e. The van der Waals surface area contributed by atoms with Crippen LogP contribution in [0.15, 0.2) is 18.2 Å². The Morgan fingerprint density at radius 2 is 1.92 bits per heavy atom. The first-order chi connectivity index (χ1) is 11.7. The van der Waals surface area contributed by atoms with Gasteiger partial charge in [-0.05, 0) is 18.2 Å². The maximum absolute atomic E-state index is 13.4. The van der Waals surface area contributed by atoms with Gasteiger partial charge in [0, 0.05) is 31.6 Å². The maximum atomic E-state index is 13.4. The Bertz CT molecular complexity index is 700. The van der Waals surface area contributed by atoms with Crippen LogP contribution in [0.1, 0.15) is 18.4 Å². The number of nitrogens with zero attached hydrogens (tertiary/aromatic N) is 1. The predicted octanol–water partition coefficient (Wildman–Crippen LogP) is 2.95. The standard InChI is InChI=1S/C15H15F4N3O3/c16-10-5-9(15(17,18)19)6-11(7-10)21-12(23)22-3-1-14(2-4-22)8-20-13(24)25-14/h5-7H,1-4,8H2,(H,20,24)(H,21,23). The third kappa shape index (κ3) is 3.77. The van der Waals surface area contributed by atoms with Crippen LogP contribution in [-0.4, -0.2) is 42.3 Å². The molecular weight excluding hydrogens is 346 g/mol. The zero-order valence-electron chi connectivity index (χ0n) is 13.0. The molecule has 2 heterocycles. The van der Waals surface area contributed by atoms with E-state index in [0.29, 0.717) is 31.5 Å². The van der Waals surface area contributed by atoms with Crippen LogP contribution in [0.5, 0.6) is 0 Å². The number of amides is 3. The summed E-state index contributed by atoms with van der Waals surface area (Å²) >= 11 is 0. The largest absolute Gasteiger partial charge is 0.441 e. The summed E-state index contributed by atoms with van der Waals surface area (Å²) in [5.41, 5.74) is -2.09. The van der Waals surface area contributed by atoms with Crippen molar-refractivity contribution in [2.45, 2.75) is 24.6 Å². The van der Waals surface area contributed by atoms with Crippen molar-refractivity contribution < 1.29 is 31.9 Å². The lowest BCUT2D eigenvalue weighted by molar-refractivity contribution is -0.137. The van der Waals surface area contributed by atoms with Crippen molar-refractivity contribution in [2.24, 2.45) is 0 Å². The van der Waals surface area contributed by atoms with Gasteiger partial charge < -0.3 is 20.3 Å². The van der Waals surface area contributed by atoms with Gasteiger partial charge in [-0.2, -0.15) is 13.2 Å². The Hall–Kier alpha value is -2.52. The normalized spacial score (nSPS) is 19.5. The average Bonchev–Trinajstić information content (AvgIpc) is 2.87. The number of hydrogen-bond acceptors (Lipinski definition) is 3. The first-order valence-corrected chi connectivity index (χ1v) is 7.57. The van der Waals surface area contributed by atoms with Crippen molar-refractivity contribution in [1.29, 1.82) is 0 Å². The van der Waals surface area contributed by atoms with Gasteiger partial charge in [0.15, 0.2) is 0 Å². The van der Waals surface area contributed by atoms with Crippen molar-refractivity contribution in [3.63, 3.8) is 0 Å². The third-order valence-electron chi connectivity index (χ3n) is 4.30. The number of alkyl halides is 3. The Labute approximate surface area is 140 Å². The molecule has 10 heteroatoms. The highest BCUT2D eigenvalue weighted by Gasteiger charge is 2.43. The lowest BCUT2D eigenvalue weighted by Gasteiger charge is -2.37. The van der Waals surface area contributed by atoms with Gasteiger partial charge >= 0.3 is 18.3 Å². The van der Waals surface area contributed by atoms with E-state index in [9.17, 15) is 27.2 Å². The molecule has 0 atom stereocenters. The first kappa shape index (κ1) is 17.3. The molecule has 136 valence electrons. The molecule has 2 fully saturated rings. The second-order valence-electron chi connectivity index (χ2n) is 6.07. The molecule has 2 aliphatic heterocycles. The quantitative estimate of drug-likeness (QED) is 0.756. The van der Waals surface area contributed by atoms with Gasteiger partial charge in [0.2, 0.25) is 0 Å². The SMILES string of the molecule is O=C1NCC2(CCN(C(=O)Nc3cc(F)cc(C(F)(F)F)c3)CC2)O1. The van der Waals surface area contributed by atoms with Crippen molar-refractivity contribution >= 4 is 17.8 Å². The van der Waals surface area contributed by atoms with Crippen LogP contribution >= 0.6 is 0 Å². The summed E-state index contributed by atoms with van der Waals surface area (Å²) in [6, 6.07) is 1.23. The van der Waals surface area contributed by atoms with Crippen molar-refractivity contribution in [3.8, 4) is 0 Å². The lowest BCUT2D eigenvalue weighted by Crippen LogP contribution is -2.49. The highest BCUT2D eigenvalue weighted by atomic mass is 19.4. The molecular formula is C15H15F4N3O3. The highest BCUT2D eigenvalue weighted by molar-refractivity contribution is 5.89. The Morgan fingerprint density at radius 3 is 2.48 bits per heavy atom. The van der Waals surface area contributed by atoms with Crippen LogP contribution in [0.3, 0.4) is 0 Å². The molecule has 0 unspecified atom stereocenters. The smallest absolute Gasteiger partial charge is 0.416 e. The summed E-state index contributed by atoms with van der Waals surface area (Å²) in [6.07, 6.45) is -4.39. The fourth-order valence-electron chi connectivity index (χ4n) is 2.93. The second-order valence-corrected chi connectivity index (χ2v) is 6.07. The molecule has 2 saturated heterocycles. The van der Waals surface area contributed by atoms with Crippen LogP contribution in [0.2, 0.25) is 0 Å². The first-order valence-electron chi connectivity index (χ1n) is 7.57. The van der Waals surface area contributed by atoms with Gasteiger partial charge in [-0.1, -0.05) is 0 Å². The number of piperidine rings is 1. The number of benzene rings is 1. The molecule has 1 aromatic rings. The number of nitrogens with one attached hydrogen (secondary N) is 2. The van der Waals surface area contributed by atoms with Gasteiger partial charge in [-0.15, -0.1) is 0 Å². The van der Waals surface area contributed by atoms with Gasteiger partial charge in [-0.25, -0.2) is 14.0 Å². The van der Waals surface area contributed by atoms with Crippen LogP contribution in [0.25, 0.3) is 0 Å². The van der Waals surface area contributed by atoms with Gasteiger partial charge in [-0.3, -0.25) is 0 Å². The molecule has 2 N–H and O–H groups in total. The predicted molar refractivity (Wildman–Crippen MR) is 78.4 cm³/mol. The van der Waals surface area contributed by atoms with Crippen LogP contribution < -0.4 is 10.6 Å². The monoisotopic (exact) mass is 361 g/mol. The number of alkyl carbamates (subject to hydrolysis) is 1. The van der Waals surface area contributed by atoms with E-state index >= 15 is 0 Å².